The van der Waals surface area contributed by atoms with E-state index >= 15 is 0 Å². The predicted molar refractivity (Wildman–Crippen MR) is 106 cm³/mol. The number of anilines is 2. The Morgan fingerprint density at radius 2 is 1.93 bits per heavy atom. The lowest BCUT2D eigenvalue weighted by molar-refractivity contribution is -0.114. The lowest BCUT2D eigenvalue weighted by Gasteiger charge is -2.23. The van der Waals surface area contributed by atoms with E-state index in [0.29, 0.717) is 22.9 Å². The van der Waals surface area contributed by atoms with E-state index in [4.69, 9.17) is 9.47 Å². The predicted octanol–water partition coefficient (Wildman–Crippen LogP) is 2.93. The Morgan fingerprint density at radius 1 is 1.19 bits per heavy atom. The van der Waals surface area contributed by atoms with Crippen LogP contribution in [0.5, 0.6) is 11.5 Å². The number of para-hydroxylation sites is 1. The molecule has 0 aromatic heterocycles. The number of amides is 1. The van der Waals surface area contributed by atoms with Crippen molar-refractivity contribution in [3.05, 3.63) is 42.5 Å². The molecule has 2 aromatic rings. The Kier molecular flexibility index (Phi) is 5.81. The topological polar surface area (TPSA) is 84.9 Å². The third-order valence-corrected chi connectivity index (χ3v) is 6.55. The van der Waals surface area contributed by atoms with Crippen molar-refractivity contribution >= 4 is 39.1 Å². The van der Waals surface area contributed by atoms with Gasteiger partial charge in [-0.25, -0.2) is 8.42 Å². The highest BCUT2D eigenvalue weighted by Gasteiger charge is 2.26. The summed E-state index contributed by atoms with van der Waals surface area (Å²) in [7, 11) is -3.66. The second kappa shape index (κ2) is 8.10. The summed E-state index contributed by atoms with van der Waals surface area (Å²) in [5.41, 5.74) is 1.00. The summed E-state index contributed by atoms with van der Waals surface area (Å²) in [5.74, 6) is 0.449. The molecule has 9 heteroatoms. The number of nitrogens with one attached hydrogen (secondary N) is 1. The summed E-state index contributed by atoms with van der Waals surface area (Å²) in [6.45, 7) is 1.29. The third kappa shape index (κ3) is 4.30. The quantitative estimate of drug-likeness (QED) is 0.709. The molecule has 0 radical (unpaired) electrons. The molecule has 1 aliphatic heterocycles. The summed E-state index contributed by atoms with van der Waals surface area (Å²) >= 11 is 1.50. The molecule has 0 fully saturated rings. The summed E-state index contributed by atoms with van der Waals surface area (Å²) in [5, 5.41) is 2.79. The minimum Gasteiger partial charge on any atom is -0.454 e. The summed E-state index contributed by atoms with van der Waals surface area (Å²) in [6.07, 6.45) is 1.91. The Balaban J connectivity index is 1.85. The van der Waals surface area contributed by atoms with Crippen LogP contribution in [-0.2, 0) is 14.8 Å². The molecule has 1 aliphatic rings. The smallest absolute Gasteiger partial charge is 0.245 e. The van der Waals surface area contributed by atoms with Gasteiger partial charge in [-0.2, -0.15) is 0 Å². The van der Waals surface area contributed by atoms with E-state index in [1.807, 2.05) is 24.5 Å². The normalized spacial score (nSPS) is 12.7. The second-order valence-corrected chi connectivity index (χ2v) is 8.72. The second-order valence-electron chi connectivity index (χ2n) is 5.69. The van der Waals surface area contributed by atoms with Crippen molar-refractivity contribution in [1.29, 1.82) is 0 Å². The number of fused-ring (bicyclic) bond motifs is 1. The van der Waals surface area contributed by atoms with Crippen LogP contribution < -0.4 is 19.1 Å². The maximum absolute atomic E-state index is 12.6. The largest absolute Gasteiger partial charge is 0.454 e. The highest BCUT2D eigenvalue weighted by molar-refractivity contribution is 7.98. The van der Waals surface area contributed by atoms with E-state index in [9.17, 15) is 13.2 Å². The molecule has 1 heterocycles. The van der Waals surface area contributed by atoms with Crippen LogP contribution in [-0.4, -0.2) is 39.7 Å². The van der Waals surface area contributed by atoms with Crippen LogP contribution in [0.25, 0.3) is 0 Å². The van der Waals surface area contributed by atoms with Crippen LogP contribution >= 0.6 is 11.8 Å². The molecule has 3 rings (SSSR count). The van der Waals surface area contributed by atoms with Crippen LogP contribution in [0.1, 0.15) is 6.92 Å². The van der Waals surface area contributed by atoms with E-state index in [1.54, 1.807) is 24.3 Å². The molecule has 144 valence electrons. The number of benzene rings is 2. The molecule has 27 heavy (non-hydrogen) atoms. The number of sulfonamides is 1. The Labute approximate surface area is 162 Å². The minimum atomic E-state index is -3.66. The van der Waals surface area contributed by atoms with E-state index < -0.39 is 15.9 Å². The highest BCUT2D eigenvalue weighted by atomic mass is 32.2. The molecular weight excluding hydrogens is 388 g/mol. The first kappa shape index (κ1) is 19.4. The molecule has 1 N–H and O–H groups in total. The van der Waals surface area contributed by atoms with Crippen molar-refractivity contribution in [3.8, 4) is 11.5 Å². The van der Waals surface area contributed by atoms with E-state index in [0.717, 1.165) is 9.20 Å². The highest BCUT2D eigenvalue weighted by Crippen LogP contribution is 2.36. The zero-order chi connectivity index (χ0) is 19.4. The number of rotatable bonds is 7. The molecule has 2 aromatic carbocycles. The summed E-state index contributed by atoms with van der Waals surface area (Å²) in [6, 6.07) is 12.2. The number of ether oxygens (including phenoxy) is 2. The molecule has 0 aliphatic carbocycles. The van der Waals surface area contributed by atoms with Crippen LogP contribution in [0, 0.1) is 0 Å². The number of carbonyl (C=O) groups is 1. The van der Waals surface area contributed by atoms with Gasteiger partial charge in [0.05, 0.1) is 17.1 Å². The monoisotopic (exact) mass is 408 g/mol. The summed E-state index contributed by atoms with van der Waals surface area (Å²) in [4.78, 5) is 13.5. The summed E-state index contributed by atoms with van der Waals surface area (Å²) < 4.78 is 36.8. The molecule has 0 saturated heterocycles. The molecule has 0 saturated carbocycles. The fourth-order valence-corrected chi connectivity index (χ4v) is 4.23. The number of thioether (sulfide) groups is 1. The molecular formula is C18H20N2O5S2. The Bertz CT molecular complexity index is 947. The Hall–Kier alpha value is -2.39. The van der Waals surface area contributed by atoms with Crippen molar-refractivity contribution in [2.24, 2.45) is 0 Å². The van der Waals surface area contributed by atoms with Gasteiger partial charge in [-0.05, 0) is 37.4 Å². The van der Waals surface area contributed by atoms with Gasteiger partial charge in [0.25, 0.3) is 0 Å². The van der Waals surface area contributed by atoms with E-state index in [2.05, 4.69) is 5.32 Å². The van der Waals surface area contributed by atoms with Crippen molar-refractivity contribution in [1.82, 2.24) is 0 Å². The lowest BCUT2D eigenvalue weighted by atomic mass is 10.2. The lowest BCUT2D eigenvalue weighted by Crippen LogP contribution is -2.39. The van der Waals surface area contributed by atoms with Gasteiger partial charge < -0.3 is 14.8 Å². The average molecular weight is 409 g/mol. The zero-order valence-electron chi connectivity index (χ0n) is 15.0. The molecule has 0 bridgehead atoms. The van der Waals surface area contributed by atoms with Crippen molar-refractivity contribution in [3.63, 3.8) is 0 Å². The minimum absolute atomic E-state index is 0.0886. The maximum atomic E-state index is 12.6. The fourth-order valence-electron chi connectivity index (χ4n) is 2.61. The Morgan fingerprint density at radius 3 is 2.67 bits per heavy atom. The van der Waals surface area contributed by atoms with Crippen LogP contribution in [0.2, 0.25) is 0 Å². The number of hydrogen-bond donors (Lipinski definition) is 1. The van der Waals surface area contributed by atoms with Gasteiger partial charge in [-0.3, -0.25) is 9.10 Å². The number of nitrogens with zero attached hydrogens (tertiary/aromatic N) is 1. The van der Waals surface area contributed by atoms with Gasteiger partial charge in [0, 0.05) is 11.0 Å². The van der Waals surface area contributed by atoms with Gasteiger partial charge in [-0.15, -0.1) is 11.8 Å². The molecule has 0 unspecified atom stereocenters. The number of carbonyl (C=O) groups excluding carboxylic acids is 1. The fraction of sp³-hybridized carbons (Fsp3) is 0.278. The van der Waals surface area contributed by atoms with Gasteiger partial charge in [0.15, 0.2) is 11.5 Å². The van der Waals surface area contributed by atoms with Crippen LogP contribution in [0.4, 0.5) is 11.4 Å². The van der Waals surface area contributed by atoms with Crippen LogP contribution in [0.3, 0.4) is 0 Å². The molecule has 1 amide bonds. The van der Waals surface area contributed by atoms with Gasteiger partial charge in [-0.1, -0.05) is 12.1 Å². The van der Waals surface area contributed by atoms with Crippen LogP contribution in [0.15, 0.2) is 47.4 Å². The molecule has 0 spiro atoms. The van der Waals surface area contributed by atoms with Crippen molar-refractivity contribution in [2.45, 2.75) is 11.8 Å². The van der Waals surface area contributed by atoms with Gasteiger partial charge in [0.2, 0.25) is 22.7 Å². The standard InChI is InChI=1S/C18H20N2O5S2/c1-3-27(22,23)20(13-8-9-15-16(10-13)25-12-24-15)11-18(21)19-14-6-4-5-7-17(14)26-2/h4-10H,3,11-12H2,1-2H3,(H,19,21). The van der Waals surface area contributed by atoms with Crippen molar-refractivity contribution in [2.75, 3.05) is 35.0 Å². The SMILES string of the molecule is CCS(=O)(=O)N(CC(=O)Nc1ccccc1SC)c1ccc2c(c1)OCO2. The van der Waals surface area contributed by atoms with Gasteiger partial charge in [0.1, 0.15) is 6.54 Å². The molecule has 0 atom stereocenters. The van der Waals surface area contributed by atoms with E-state index in [1.165, 1.54) is 18.7 Å². The average Bonchev–Trinajstić information content (AvgIpc) is 3.14. The molecule has 7 nitrogen and oxygen atoms in total. The number of hydrogen-bond acceptors (Lipinski definition) is 6. The van der Waals surface area contributed by atoms with E-state index in [-0.39, 0.29) is 19.1 Å². The maximum Gasteiger partial charge on any atom is 0.245 e. The first-order valence-electron chi connectivity index (χ1n) is 8.27. The van der Waals surface area contributed by atoms with Crippen molar-refractivity contribution < 1.29 is 22.7 Å². The zero-order valence-corrected chi connectivity index (χ0v) is 16.6. The van der Waals surface area contributed by atoms with Gasteiger partial charge >= 0.3 is 0 Å². The first-order chi connectivity index (χ1) is 12.9. The third-order valence-electron chi connectivity index (χ3n) is 4.01. The first-order valence-corrected chi connectivity index (χ1v) is 11.1.